The van der Waals surface area contributed by atoms with Crippen LogP contribution in [0.1, 0.15) is 76.6 Å². The van der Waals surface area contributed by atoms with Crippen LogP contribution in [0, 0.1) is 0 Å². The lowest BCUT2D eigenvalue weighted by atomic mass is 10.0. The second-order valence-electron chi connectivity index (χ2n) is 4.98. The maximum atomic E-state index is 4.21. The fourth-order valence-corrected chi connectivity index (χ4v) is 2.28. The average Bonchev–Trinajstić information content (AvgIpc) is 2.91. The van der Waals surface area contributed by atoms with E-state index in [0.717, 1.165) is 12.2 Å². The van der Waals surface area contributed by atoms with Crippen molar-refractivity contribution in [2.24, 2.45) is 0 Å². The Labute approximate surface area is 111 Å². The van der Waals surface area contributed by atoms with Gasteiger partial charge in [0.05, 0.1) is 6.04 Å². The third kappa shape index (κ3) is 6.15. The molecule has 0 fully saturated rings. The number of nitrogens with one attached hydrogen (secondary N) is 2. The van der Waals surface area contributed by atoms with E-state index in [-0.39, 0.29) is 0 Å². The van der Waals surface area contributed by atoms with Crippen molar-refractivity contribution in [1.82, 2.24) is 20.5 Å². The van der Waals surface area contributed by atoms with Crippen LogP contribution in [0.5, 0.6) is 0 Å². The second kappa shape index (κ2) is 10.1. The molecule has 0 saturated carbocycles. The third-order valence-corrected chi connectivity index (χ3v) is 3.46. The van der Waals surface area contributed by atoms with Crippen LogP contribution >= 0.6 is 0 Å². The molecule has 0 aliphatic heterocycles. The van der Waals surface area contributed by atoms with Gasteiger partial charge in [-0.1, -0.05) is 58.3 Å². The number of hydrogen-bond acceptors (Lipinski definition) is 3. The van der Waals surface area contributed by atoms with E-state index in [4.69, 9.17) is 0 Å². The molecule has 18 heavy (non-hydrogen) atoms. The summed E-state index contributed by atoms with van der Waals surface area (Å²) in [6.45, 7) is 2.27. The first-order valence-electron chi connectivity index (χ1n) is 7.41. The zero-order chi connectivity index (χ0) is 13.1. The fourth-order valence-electron chi connectivity index (χ4n) is 2.28. The van der Waals surface area contributed by atoms with Crippen LogP contribution in [0.15, 0.2) is 6.33 Å². The Hall–Kier alpha value is -0.900. The molecule has 1 aromatic rings. The van der Waals surface area contributed by atoms with Crippen molar-refractivity contribution in [3.05, 3.63) is 12.2 Å². The van der Waals surface area contributed by atoms with Crippen molar-refractivity contribution >= 4 is 0 Å². The van der Waals surface area contributed by atoms with Gasteiger partial charge in [-0.25, -0.2) is 4.98 Å². The molecule has 1 heterocycles. The third-order valence-electron chi connectivity index (χ3n) is 3.46. The normalized spacial score (nSPS) is 12.8. The Morgan fingerprint density at radius 1 is 1.11 bits per heavy atom. The van der Waals surface area contributed by atoms with E-state index in [1.165, 1.54) is 51.4 Å². The van der Waals surface area contributed by atoms with E-state index in [2.05, 4.69) is 27.4 Å². The van der Waals surface area contributed by atoms with Gasteiger partial charge in [0.1, 0.15) is 12.2 Å². The van der Waals surface area contributed by atoms with E-state index in [0.29, 0.717) is 6.04 Å². The van der Waals surface area contributed by atoms with E-state index < -0.39 is 0 Å². The van der Waals surface area contributed by atoms with E-state index in [1.807, 2.05) is 7.05 Å². The van der Waals surface area contributed by atoms with Crippen LogP contribution in [-0.2, 0) is 0 Å². The number of aromatic nitrogens is 3. The molecule has 1 unspecified atom stereocenters. The van der Waals surface area contributed by atoms with Crippen LogP contribution in [0.3, 0.4) is 0 Å². The topological polar surface area (TPSA) is 53.6 Å². The number of rotatable bonds is 11. The Bertz CT molecular complexity index is 271. The second-order valence-corrected chi connectivity index (χ2v) is 4.98. The van der Waals surface area contributed by atoms with Crippen molar-refractivity contribution in [2.75, 3.05) is 7.05 Å². The fraction of sp³-hybridized carbons (Fsp3) is 0.857. The van der Waals surface area contributed by atoms with Crippen molar-refractivity contribution in [2.45, 2.75) is 70.8 Å². The molecule has 4 heteroatoms. The average molecular weight is 252 g/mol. The Morgan fingerprint density at radius 2 is 1.78 bits per heavy atom. The van der Waals surface area contributed by atoms with Gasteiger partial charge in [-0.15, -0.1) is 0 Å². The van der Waals surface area contributed by atoms with Crippen LogP contribution < -0.4 is 5.32 Å². The number of H-pyrrole nitrogens is 1. The summed E-state index contributed by atoms with van der Waals surface area (Å²) in [6, 6.07) is 0.326. The molecule has 2 N–H and O–H groups in total. The first kappa shape index (κ1) is 15.2. The highest BCUT2D eigenvalue weighted by molar-refractivity contribution is 4.90. The molecule has 0 aliphatic carbocycles. The molecule has 0 bridgehead atoms. The lowest BCUT2D eigenvalue weighted by Crippen LogP contribution is -2.17. The zero-order valence-electron chi connectivity index (χ0n) is 11.9. The van der Waals surface area contributed by atoms with E-state index in [1.54, 1.807) is 6.33 Å². The first-order chi connectivity index (χ1) is 8.88. The Morgan fingerprint density at radius 3 is 2.33 bits per heavy atom. The van der Waals surface area contributed by atoms with Crippen molar-refractivity contribution in [3.63, 3.8) is 0 Å². The number of aromatic amines is 1. The van der Waals surface area contributed by atoms with Gasteiger partial charge in [0.15, 0.2) is 0 Å². The molecule has 1 aromatic heterocycles. The van der Waals surface area contributed by atoms with Gasteiger partial charge in [-0.2, -0.15) is 5.10 Å². The molecule has 0 aromatic carbocycles. The van der Waals surface area contributed by atoms with Gasteiger partial charge in [-0.3, -0.25) is 5.10 Å². The van der Waals surface area contributed by atoms with Gasteiger partial charge in [-0.05, 0) is 13.5 Å². The SMILES string of the molecule is CCCCCCCCCCC(NC)c1ncn[nH]1. The summed E-state index contributed by atoms with van der Waals surface area (Å²) in [6.07, 6.45) is 13.6. The van der Waals surface area contributed by atoms with Gasteiger partial charge in [0, 0.05) is 0 Å². The van der Waals surface area contributed by atoms with Crippen LogP contribution in [0.2, 0.25) is 0 Å². The van der Waals surface area contributed by atoms with Crippen LogP contribution in [-0.4, -0.2) is 22.2 Å². The summed E-state index contributed by atoms with van der Waals surface area (Å²) in [7, 11) is 1.98. The molecule has 1 rings (SSSR count). The minimum Gasteiger partial charge on any atom is -0.310 e. The maximum absolute atomic E-state index is 4.21. The summed E-state index contributed by atoms with van der Waals surface area (Å²) in [5.41, 5.74) is 0. The highest BCUT2D eigenvalue weighted by Gasteiger charge is 2.10. The molecule has 4 nitrogen and oxygen atoms in total. The smallest absolute Gasteiger partial charge is 0.141 e. The van der Waals surface area contributed by atoms with Gasteiger partial charge in [0.25, 0.3) is 0 Å². The molecule has 0 aliphatic rings. The molecule has 0 spiro atoms. The minimum atomic E-state index is 0.326. The minimum absolute atomic E-state index is 0.326. The van der Waals surface area contributed by atoms with Crippen molar-refractivity contribution in [1.29, 1.82) is 0 Å². The summed E-state index contributed by atoms with van der Waals surface area (Å²) >= 11 is 0. The lowest BCUT2D eigenvalue weighted by molar-refractivity contribution is 0.478. The zero-order valence-corrected chi connectivity index (χ0v) is 11.9. The summed E-state index contributed by atoms with van der Waals surface area (Å²) in [4.78, 5) is 4.21. The first-order valence-corrected chi connectivity index (χ1v) is 7.41. The largest absolute Gasteiger partial charge is 0.310 e. The van der Waals surface area contributed by atoms with Crippen LogP contribution in [0.25, 0.3) is 0 Å². The number of nitrogens with zero attached hydrogens (tertiary/aromatic N) is 2. The Balaban J connectivity index is 1.99. The molecule has 0 radical (unpaired) electrons. The summed E-state index contributed by atoms with van der Waals surface area (Å²) in [5, 5.41) is 10.1. The summed E-state index contributed by atoms with van der Waals surface area (Å²) < 4.78 is 0. The summed E-state index contributed by atoms with van der Waals surface area (Å²) in [5.74, 6) is 0.959. The highest BCUT2D eigenvalue weighted by atomic mass is 15.2. The van der Waals surface area contributed by atoms with Crippen LogP contribution in [0.4, 0.5) is 0 Å². The highest BCUT2D eigenvalue weighted by Crippen LogP contribution is 2.16. The Kier molecular flexibility index (Phi) is 8.47. The number of unbranched alkanes of at least 4 members (excludes halogenated alkanes) is 7. The van der Waals surface area contributed by atoms with Crippen molar-refractivity contribution < 1.29 is 0 Å². The lowest BCUT2D eigenvalue weighted by Gasteiger charge is -2.12. The van der Waals surface area contributed by atoms with Gasteiger partial charge < -0.3 is 5.32 Å². The molecule has 104 valence electrons. The van der Waals surface area contributed by atoms with Crippen molar-refractivity contribution in [3.8, 4) is 0 Å². The molecular weight excluding hydrogens is 224 g/mol. The van der Waals surface area contributed by atoms with E-state index in [9.17, 15) is 0 Å². The van der Waals surface area contributed by atoms with E-state index >= 15 is 0 Å². The predicted octanol–water partition coefficient (Wildman–Crippen LogP) is 3.60. The maximum Gasteiger partial charge on any atom is 0.141 e. The standard InChI is InChI=1S/C14H28N4/c1-3-4-5-6-7-8-9-10-11-13(15-2)14-16-12-17-18-14/h12-13,15H,3-11H2,1-2H3,(H,16,17,18). The molecule has 0 saturated heterocycles. The van der Waals surface area contributed by atoms with Gasteiger partial charge >= 0.3 is 0 Å². The molecule has 0 amide bonds. The molecular formula is C14H28N4. The quantitative estimate of drug-likeness (QED) is 0.592. The number of hydrogen-bond donors (Lipinski definition) is 2. The van der Waals surface area contributed by atoms with Gasteiger partial charge in [0.2, 0.25) is 0 Å². The predicted molar refractivity (Wildman–Crippen MR) is 75.4 cm³/mol. The molecule has 1 atom stereocenters. The monoisotopic (exact) mass is 252 g/mol.